The highest BCUT2D eigenvalue weighted by Crippen LogP contribution is 2.50. The molecule has 2 N–H and O–H groups in total. The van der Waals surface area contributed by atoms with Crippen molar-refractivity contribution in [1.29, 1.82) is 0 Å². The van der Waals surface area contributed by atoms with Gasteiger partial charge in [0.25, 0.3) is 5.91 Å². The third kappa shape index (κ3) is 4.64. The molecule has 0 heterocycles. The Kier molecular flexibility index (Phi) is 5.95. The van der Waals surface area contributed by atoms with E-state index in [4.69, 9.17) is 9.84 Å². The Hall–Kier alpha value is -1.80. The number of alkyl halides is 3. The van der Waals surface area contributed by atoms with Gasteiger partial charge in [-0.15, -0.1) is 0 Å². The minimum absolute atomic E-state index is 0.118. The number of halogens is 3. The normalized spacial score (nSPS) is 24.3. The molecule has 1 aliphatic rings. The van der Waals surface area contributed by atoms with Gasteiger partial charge in [-0.2, -0.15) is 13.2 Å². The Morgan fingerprint density at radius 2 is 1.96 bits per heavy atom. The van der Waals surface area contributed by atoms with Gasteiger partial charge in [-0.25, -0.2) is 0 Å². The number of hydrogen-bond acceptors (Lipinski definition) is 4. The predicted octanol–water partition coefficient (Wildman–Crippen LogP) is 2.53. The second kappa shape index (κ2) is 7.61. The van der Waals surface area contributed by atoms with E-state index in [1.54, 1.807) is 31.2 Å². The van der Waals surface area contributed by atoms with Crippen molar-refractivity contribution in [3.63, 3.8) is 0 Å². The molecule has 0 bridgehead atoms. The molecule has 8 heteroatoms. The second-order valence-corrected chi connectivity index (χ2v) is 6.36. The molecule has 0 unspecified atom stereocenters. The molecule has 5 nitrogen and oxygen atoms in total. The molecule has 0 aromatic heterocycles. The highest BCUT2D eigenvalue weighted by molar-refractivity contribution is 5.94. The lowest BCUT2D eigenvalue weighted by atomic mass is 9.70. The zero-order valence-electron chi connectivity index (χ0n) is 14.1. The van der Waals surface area contributed by atoms with E-state index in [1.807, 2.05) is 0 Å². The van der Waals surface area contributed by atoms with Crippen molar-refractivity contribution in [2.75, 3.05) is 20.3 Å². The van der Waals surface area contributed by atoms with E-state index in [9.17, 15) is 18.0 Å². The molecule has 0 aliphatic heterocycles. The van der Waals surface area contributed by atoms with Crippen molar-refractivity contribution in [3.05, 3.63) is 29.8 Å². The summed E-state index contributed by atoms with van der Waals surface area (Å²) in [4.78, 5) is 11.8. The van der Waals surface area contributed by atoms with Gasteiger partial charge in [0.2, 0.25) is 0 Å². The molecule has 0 radical (unpaired) electrons. The van der Waals surface area contributed by atoms with Crippen LogP contribution in [-0.4, -0.2) is 49.2 Å². The summed E-state index contributed by atoms with van der Waals surface area (Å²) >= 11 is 0. The lowest BCUT2D eigenvalue weighted by Crippen LogP contribution is -2.57. The van der Waals surface area contributed by atoms with E-state index in [1.165, 1.54) is 0 Å². The number of rotatable bonds is 7. The lowest BCUT2D eigenvalue weighted by Gasteiger charge is -2.46. The van der Waals surface area contributed by atoms with Gasteiger partial charge in [-0.05, 0) is 49.9 Å². The van der Waals surface area contributed by atoms with E-state index in [2.05, 4.69) is 10.1 Å². The predicted molar refractivity (Wildman–Crippen MR) is 84.5 cm³/mol. The van der Waals surface area contributed by atoms with Gasteiger partial charge in [0, 0.05) is 19.2 Å². The summed E-state index contributed by atoms with van der Waals surface area (Å²) in [6.45, 7) is 1.88. The zero-order valence-corrected chi connectivity index (χ0v) is 14.1. The molecule has 2 rings (SSSR count). The van der Waals surface area contributed by atoms with Gasteiger partial charge >= 0.3 is 6.18 Å². The maximum Gasteiger partial charge on any atom is 0.417 e. The standard InChI is InChI=1S/C17H22F3NO4/c1-11(22)9-21-15(23)13-3-5-14(6-4-13)25-10-12-7-16(8-12,24-2)17(18,19)20/h3-6,11-12,22H,7-10H2,1-2H3,(H,21,23)/t11-,12?,16?/m0/s1. The van der Waals surface area contributed by atoms with Crippen molar-refractivity contribution in [2.24, 2.45) is 5.92 Å². The van der Waals surface area contributed by atoms with E-state index in [0.717, 1.165) is 7.11 Å². The smallest absolute Gasteiger partial charge is 0.417 e. The molecule has 1 aromatic rings. The fraction of sp³-hybridized carbons (Fsp3) is 0.588. The van der Waals surface area contributed by atoms with Crippen LogP contribution in [0.3, 0.4) is 0 Å². The number of carbonyl (C=O) groups is 1. The van der Waals surface area contributed by atoms with E-state index < -0.39 is 17.9 Å². The summed E-state index contributed by atoms with van der Waals surface area (Å²) in [6.07, 6.45) is -5.25. The molecule has 1 saturated carbocycles. The largest absolute Gasteiger partial charge is 0.493 e. The molecule has 1 fully saturated rings. The van der Waals surface area contributed by atoms with Gasteiger partial charge < -0.3 is 19.9 Å². The topological polar surface area (TPSA) is 67.8 Å². The number of aliphatic hydroxyl groups is 1. The van der Waals surface area contributed by atoms with Crippen LogP contribution in [0.2, 0.25) is 0 Å². The van der Waals surface area contributed by atoms with Crippen LogP contribution in [0.25, 0.3) is 0 Å². The monoisotopic (exact) mass is 361 g/mol. The summed E-state index contributed by atoms with van der Waals surface area (Å²) in [7, 11) is 1.08. The summed E-state index contributed by atoms with van der Waals surface area (Å²) in [5.74, 6) is -0.0638. The number of benzene rings is 1. The van der Waals surface area contributed by atoms with E-state index in [-0.39, 0.29) is 37.8 Å². The number of hydrogen-bond donors (Lipinski definition) is 2. The molecular weight excluding hydrogens is 339 g/mol. The van der Waals surface area contributed by atoms with Gasteiger partial charge in [0.05, 0.1) is 12.7 Å². The number of ether oxygens (including phenoxy) is 2. The molecule has 1 aliphatic carbocycles. The number of amides is 1. The van der Waals surface area contributed by atoms with Gasteiger partial charge in [-0.1, -0.05) is 0 Å². The van der Waals surface area contributed by atoms with Crippen molar-refractivity contribution in [1.82, 2.24) is 5.32 Å². The third-order valence-electron chi connectivity index (χ3n) is 4.30. The minimum atomic E-state index is -4.38. The average molecular weight is 361 g/mol. The minimum Gasteiger partial charge on any atom is -0.493 e. The quantitative estimate of drug-likeness (QED) is 0.783. The molecule has 25 heavy (non-hydrogen) atoms. The first-order chi connectivity index (χ1) is 11.7. The maximum absolute atomic E-state index is 12.9. The second-order valence-electron chi connectivity index (χ2n) is 6.36. The third-order valence-corrected chi connectivity index (χ3v) is 4.30. The highest BCUT2D eigenvalue weighted by Gasteiger charge is 2.62. The Morgan fingerprint density at radius 1 is 1.36 bits per heavy atom. The van der Waals surface area contributed by atoms with E-state index >= 15 is 0 Å². The first-order valence-electron chi connectivity index (χ1n) is 7.98. The molecule has 140 valence electrons. The summed E-state index contributed by atoms with van der Waals surface area (Å²) < 4.78 is 48.9. The van der Waals surface area contributed by atoms with Crippen molar-refractivity contribution >= 4 is 5.91 Å². The Morgan fingerprint density at radius 3 is 2.44 bits per heavy atom. The first kappa shape index (κ1) is 19.5. The van der Waals surface area contributed by atoms with Crippen LogP contribution in [0.4, 0.5) is 13.2 Å². The highest BCUT2D eigenvalue weighted by atomic mass is 19.4. The summed E-state index contributed by atoms with van der Waals surface area (Å²) in [5.41, 5.74) is -1.64. The SMILES string of the molecule is COC1(C(F)(F)F)CC(COc2ccc(C(=O)NC[C@H](C)O)cc2)C1. The number of methoxy groups -OCH3 is 1. The van der Waals surface area contributed by atoms with Crippen molar-refractivity contribution in [3.8, 4) is 5.75 Å². The van der Waals surface area contributed by atoms with Crippen molar-refractivity contribution in [2.45, 2.75) is 37.6 Å². The summed E-state index contributed by atoms with van der Waals surface area (Å²) in [6, 6.07) is 6.29. The van der Waals surface area contributed by atoms with Crippen molar-refractivity contribution < 1.29 is 32.5 Å². The fourth-order valence-corrected chi connectivity index (χ4v) is 2.76. The number of nitrogens with one attached hydrogen (secondary N) is 1. The van der Waals surface area contributed by atoms with Crippen LogP contribution in [0.1, 0.15) is 30.1 Å². The fourth-order valence-electron chi connectivity index (χ4n) is 2.76. The number of carbonyl (C=O) groups excluding carboxylic acids is 1. The summed E-state index contributed by atoms with van der Waals surface area (Å²) in [5, 5.41) is 11.7. The average Bonchev–Trinajstić information content (AvgIpc) is 2.51. The molecule has 0 saturated heterocycles. The molecule has 1 atom stereocenters. The zero-order chi connectivity index (χ0) is 18.7. The molecule has 0 spiro atoms. The van der Waals surface area contributed by atoms with Gasteiger partial charge in [0.15, 0.2) is 5.60 Å². The van der Waals surface area contributed by atoms with Gasteiger partial charge in [0.1, 0.15) is 5.75 Å². The van der Waals surface area contributed by atoms with Gasteiger partial charge in [-0.3, -0.25) is 4.79 Å². The van der Waals surface area contributed by atoms with Crippen LogP contribution in [-0.2, 0) is 4.74 Å². The molecule has 1 aromatic carbocycles. The Labute approximate surface area is 144 Å². The lowest BCUT2D eigenvalue weighted by molar-refractivity contribution is -0.309. The first-order valence-corrected chi connectivity index (χ1v) is 7.98. The van der Waals surface area contributed by atoms with E-state index in [0.29, 0.717) is 11.3 Å². The Balaban J connectivity index is 1.80. The molecular formula is C17H22F3NO4. The Bertz CT molecular complexity index is 581. The van der Waals surface area contributed by atoms with Crippen LogP contribution in [0.5, 0.6) is 5.75 Å². The van der Waals surface area contributed by atoms with Crippen LogP contribution < -0.4 is 10.1 Å². The van der Waals surface area contributed by atoms with Crippen LogP contribution in [0.15, 0.2) is 24.3 Å². The maximum atomic E-state index is 12.9. The number of aliphatic hydroxyl groups excluding tert-OH is 1. The van der Waals surface area contributed by atoms with Crippen LogP contribution in [0, 0.1) is 5.92 Å². The van der Waals surface area contributed by atoms with Crippen LogP contribution >= 0.6 is 0 Å². The molecule has 1 amide bonds.